The predicted molar refractivity (Wildman–Crippen MR) is 122 cm³/mol. The van der Waals surface area contributed by atoms with Gasteiger partial charge in [0.05, 0.1) is 11.1 Å². The molecule has 0 aliphatic carbocycles. The lowest BCUT2D eigenvalue weighted by atomic mass is 10.1. The molecule has 1 aromatic heterocycles. The second kappa shape index (κ2) is 8.16. The molecule has 5 nitrogen and oxygen atoms in total. The molecule has 150 valence electrons. The van der Waals surface area contributed by atoms with Gasteiger partial charge in [0.2, 0.25) is 0 Å². The van der Waals surface area contributed by atoms with Crippen LogP contribution >= 0.6 is 15.9 Å². The number of nitrogens with one attached hydrogen (secondary N) is 1. The number of rotatable bonds is 5. The molecule has 4 aromatic rings. The third kappa shape index (κ3) is 3.74. The summed E-state index contributed by atoms with van der Waals surface area (Å²) in [6, 6.07) is 22.5. The maximum atomic E-state index is 12.7. The van der Waals surface area contributed by atoms with E-state index in [0.29, 0.717) is 15.7 Å². The Labute approximate surface area is 182 Å². The van der Waals surface area contributed by atoms with Gasteiger partial charge in [-0.05, 0) is 70.9 Å². The van der Waals surface area contributed by atoms with E-state index in [0.717, 1.165) is 28.7 Å². The van der Waals surface area contributed by atoms with Crippen LogP contribution in [-0.4, -0.2) is 21.6 Å². The first-order chi connectivity index (χ1) is 14.5. The zero-order chi connectivity index (χ0) is 21.3. The van der Waals surface area contributed by atoms with Gasteiger partial charge in [-0.2, -0.15) is 0 Å². The topological polar surface area (TPSA) is 71.3 Å². The molecule has 4 rings (SSSR count). The lowest BCUT2D eigenvalue weighted by Gasteiger charge is -2.09. The molecule has 0 spiro atoms. The first-order valence-electron chi connectivity index (χ1n) is 9.51. The lowest BCUT2D eigenvalue weighted by molar-refractivity contribution is 0.0696. The summed E-state index contributed by atoms with van der Waals surface area (Å²) in [5, 5.41) is 13.0. The molecule has 0 atom stereocenters. The number of hydrogen-bond donors (Lipinski definition) is 2. The molecule has 0 aliphatic heterocycles. The Morgan fingerprint density at radius 3 is 2.43 bits per heavy atom. The number of aryl methyl sites for hydroxylation is 1. The zero-order valence-electron chi connectivity index (χ0n) is 16.2. The van der Waals surface area contributed by atoms with Crippen LogP contribution in [-0.2, 0) is 6.54 Å². The molecular formula is C24H19BrN2O3. The maximum Gasteiger partial charge on any atom is 0.335 e. The molecule has 1 amide bonds. The fraction of sp³-hybridized carbons (Fsp3) is 0.0833. The second-order valence-corrected chi connectivity index (χ2v) is 7.72. The van der Waals surface area contributed by atoms with Crippen molar-refractivity contribution in [3.8, 4) is 11.3 Å². The third-order valence-corrected chi connectivity index (χ3v) is 5.66. The fourth-order valence-electron chi connectivity index (χ4n) is 3.57. The average molecular weight is 463 g/mol. The highest BCUT2D eigenvalue weighted by molar-refractivity contribution is 9.10. The van der Waals surface area contributed by atoms with E-state index in [1.165, 1.54) is 18.2 Å². The van der Waals surface area contributed by atoms with E-state index in [-0.39, 0.29) is 11.5 Å². The van der Waals surface area contributed by atoms with Gasteiger partial charge in [0.1, 0.15) is 0 Å². The average Bonchev–Trinajstić information content (AvgIpc) is 3.12. The van der Waals surface area contributed by atoms with Crippen molar-refractivity contribution in [3.63, 3.8) is 0 Å². The molecule has 0 saturated heterocycles. The summed E-state index contributed by atoms with van der Waals surface area (Å²) in [7, 11) is 0. The minimum atomic E-state index is -1.04. The van der Waals surface area contributed by atoms with Crippen molar-refractivity contribution >= 4 is 44.4 Å². The summed E-state index contributed by atoms with van der Waals surface area (Å²) in [6.07, 6.45) is 0. The summed E-state index contributed by atoms with van der Waals surface area (Å²) >= 11 is 3.29. The molecule has 0 bridgehead atoms. The van der Waals surface area contributed by atoms with Crippen molar-refractivity contribution < 1.29 is 14.7 Å². The number of carboxylic acid groups (broad SMARTS) is 1. The highest BCUT2D eigenvalue weighted by Crippen LogP contribution is 2.30. The highest BCUT2D eigenvalue weighted by atomic mass is 79.9. The SMILES string of the molecule is CCn1c(-c2ccccc2)cc2cc(NC(=O)c3ccc(C(=O)O)cc3Br)ccc21. The number of halogens is 1. The van der Waals surface area contributed by atoms with Crippen molar-refractivity contribution in [1.82, 2.24) is 4.57 Å². The van der Waals surface area contributed by atoms with Gasteiger partial charge in [-0.1, -0.05) is 30.3 Å². The van der Waals surface area contributed by atoms with E-state index in [9.17, 15) is 9.59 Å². The van der Waals surface area contributed by atoms with Crippen LogP contribution in [0.15, 0.2) is 77.3 Å². The minimum Gasteiger partial charge on any atom is -0.478 e. The number of fused-ring (bicyclic) bond motifs is 1. The van der Waals surface area contributed by atoms with E-state index >= 15 is 0 Å². The number of benzene rings is 3. The number of amides is 1. The van der Waals surface area contributed by atoms with Crippen LogP contribution in [0.5, 0.6) is 0 Å². The van der Waals surface area contributed by atoms with Crippen molar-refractivity contribution in [3.05, 3.63) is 88.4 Å². The van der Waals surface area contributed by atoms with Gasteiger partial charge in [-0.15, -0.1) is 0 Å². The van der Waals surface area contributed by atoms with E-state index < -0.39 is 5.97 Å². The smallest absolute Gasteiger partial charge is 0.335 e. The molecule has 0 fully saturated rings. The van der Waals surface area contributed by atoms with E-state index in [1.807, 2.05) is 36.4 Å². The van der Waals surface area contributed by atoms with E-state index in [1.54, 1.807) is 0 Å². The van der Waals surface area contributed by atoms with Gasteiger partial charge in [-0.3, -0.25) is 4.79 Å². The van der Waals surface area contributed by atoms with Gasteiger partial charge in [0, 0.05) is 33.3 Å². The van der Waals surface area contributed by atoms with Crippen LogP contribution in [0.3, 0.4) is 0 Å². The Kier molecular flexibility index (Phi) is 5.42. The van der Waals surface area contributed by atoms with Gasteiger partial charge < -0.3 is 15.0 Å². The number of carbonyl (C=O) groups is 2. The summed E-state index contributed by atoms with van der Waals surface area (Å²) < 4.78 is 2.68. The van der Waals surface area contributed by atoms with Crippen molar-refractivity contribution in [2.45, 2.75) is 13.5 Å². The van der Waals surface area contributed by atoms with Crippen molar-refractivity contribution in [2.75, 3.05) is 5.32 Å². The Morgan fingerprint density at radius 2 is 1.77 bits per heavy atom. The molecule has 0 radical (unpaired) electrons. The lowest BCUT2D eigenvalue weighted by Crippen LogP contribution is -2.13. The van der Waals surface area contributed by atoms with Gasteiger partial charge in [0.25, 0.3) is 5.91 Å². The third-order valence-electron chi connectivity index (χ3n) is 5.01. The molecule has 3 aromatic carbocycles. The fourth-order valence-corrected chi connectivity index (χ4v) is 4.13. The molecule has 0 unspecified atom stereocenters. The molecule has 30 heavy (non-hydrogen) atoms. The van der Waals surface area contributed by atoms with E-state index in [2.05, 4.69) is 50.9 Å². The number of nitrogens with zero attached hydrogens (tertiary/aromatic N) is 1. The molecule has 2 N–H and O–H groups in total. The summed E-state index contributed by atoms with van der Waals surface area (Å²) in [5.74, 6) is -1.35. The second-order valence-electron chi connectivity index (χ2n) is 6.87. The number of anilines is 1. The number of carboxylic acids is 1. The molecule has 0 aliphatic rings. The molecule has 6 heteroatoms. The van der Waals surface area contributed by atoms with Crippen molar-refractivity contribution in [2.24, 2.45) is 0 Å². The number of aromatic carboxylic acids is 1. The normalized spacial score (nSPS) is 10.9. The highest BCUT2D eigenvalue weighted by Gasteiger charge is 2.15. The largest absolute Gasteiger partial charge is 0.478 e. The monoisotopic (exact) mass is 462 g/mol. The van der Waals surface area contributed by atoms with Gasteiger partial charge in [0.15, 0.2) is 0 Å². The minimum absolute atomic E-state index is 0.120. The first kappa shape index (κ1) is 19.9. The number of carbonyl (C=O) groups excluding carboxylic acids is 1. The molecular weight excluding hydrogens is 444 g/mol. The van der Waals surface area contributed by atoms with Gasteiger partial charge >= 0.3 is 5.97 Å². The Hall–Kier alpha value is -3.38. The summed E-state index contributed by atoms with van der Waals surface area (Å²) in [6.45, 7) is 2.95. The predicted octanol–water partition coefficient (Wildman–Crippen LogP) is 6.04. The Morgan fingerprint density at radius 1 is 1.00 bits per heavy atom. The van der Waals surface area contributed by atoms with Crippen molar-refractivity contribution in [1.29, 1.82) is 0 Å². The molecule has 0 saturated carbocycles. The summed E-state index contributed by atoms with van der Waals surface area (Å²) in [5.41, 5.74) is 4.54. The Balaban J connectivity index is 1.66. The van der Waals surface area contributed by atoms with Crippen LogP contribution < -0.4 is 5.32 Å². The van der Waals surface area contributed by atoms with Crippen LogP contribution in [0.2, 0.25) is 0 Å². The maximum absolute atomic E-state index is 12.7. The molecule has 1 heterocycles. The first-order valence-corrected chi connectivity index (χ1v) is 10.3. The van der Waals surface area contributed by atoms with Crippen LogP contribution in [0.25, 0.3) is 22.2 Å². The van der Waals surface area contributed by atoms with Crippen LogP contribution in [0.1, 0.15) is 27.6 Å². The summed E-state index contributed by atoms with van der Waals surface area (Å²) in [4.78, 5) is 23.8. The van der Waals surface area contributed by atoms with Crippen LogP contribution in [0.4, 0.5) is 5.69 Å². The van der Waals surface area contributed by atoms with Gasteiger partial charge in [-0.25, -0.2) is 4.79 Å². The zero-order valence-corrected chi connectivity index (χ0v) is 17.8. The van der Waals surface area contributed by atoms with Crippen LogP contribution in [0, 0.1) is 0 Å². The quantitative estimate of drug-likeness (QED) is 0.379. The number of aromatic nitrogens is 1. The standard InChI is InChI=1S/C24H19BrN2O3/c1-2-27-21-11-9-18(12-17(21)14-22(27)15-6-4-3-5-7-15)26-23(28)19-10-8-16(24(29)30)13-20(19)25/h3-14H,2H2,1H3,(H,26,28)(H,29,30). The Bertz CT molecular complexity index is 1260. The number of hydrogen-bond acceptors (Lipinski definition) is 2. The van der Waals surface area contributed by atoms with E-state index in [4.69, 9.17) is 5.11 Å².